The Kier molecular flexibility index (Phi) is 5.36. The van der Waals surface area contributed by atoms with Crippen LogP contribution in [0.3, 0.4) is 0 Å². The normalized spacial score (nSPS) is 21.7. The quantitative estimate of drug-likeness (QED) is 0.836. The second-order valence-corrected chi connectivity index (χ2v) is 7.23. The van der Waals surface area contributed by atoms with Crippen LogP contribution >= 0.6 is 0 Å². The van der Waals surface area contributed by atoms with Crippen molar-refractivity contribution in [3.63, 3.8) is 0 Å². The fourth-order valence-electron chi connectivity index (χ4n) is 4.04. The maximum absolute atomic E-state index is 12.4. The highest BCUT2D eigenvalue weighted by molar-refractivity contribution is 5.76. The number of rotatable bonds is 5. The number of amides is 1. The second kappa shape index (κ2) is 7.47. The molecule has 0 unspecified atom stereocenters. The molecule has 128 valence electrons. The van der Waals surface area contributed by atoms with Crippen molar-refractivity contribution in [2.45, 2.75) is 58.5 Å². The van der Waals surface area contributed by atoms with Crippen molar-refractivity contribution in [1.82, 2.24) is 19.6 Å². The van der Waals surface area contributed by atoms with Crippen molar-refractivity contribution in [3.05, 3.63) is 18.0 Å². The molecule has 0 bridgehead atoms. The Hall–Kier alpha value is -1.36. The van der Waals surface area contributed by atoms with E-state index in [2.05, 4.69) is 21.8 Å². The Balaban J connectivity index is 1.41. The summed E-state index contributed by atoms with van der Waals surface area (Å²) in [6, 6.07) is 0.682. The third-order valence-electron chi connectivity index (χ3n) is 5.61. The molecular weight excluding hydrogens is 288 g/mol. The fourth-order valence-corrected chi connectivity index (χ4v) is 4.04. The Labute approximate surface area is 139 Å². The van der Waals surface area contributed by atoms with Crippen molar-refractivity contribution < 1.29 is 4.79 Å². The molecule has 1 atom stereocenters. The molecule has 0 aliphatic carbocycles. The molecule has 1 amide bonds. The van der Waals surface area contributed by atoms with Gasteiger partial charge in [-0.15, -0.1) is 0 Å². The number of nitrogens with zero attached hydrogens (tertiary/aromatic N) is 4. The molecule has 0 spiro atoms. The van der Waals surface area contributed by atoms with Gasteiger partial charge in [-0.25, -0.2) is 0 Å². The van der Waals surface area contributed by atoms with Crippen LogP contribution in [0.4, 0.5) is 0 Å². The number of likely N-dealkylation sites (tertiary alicyclic amines) is 2. The summed E-state index contributed by atoms with van der Waals surface area (Å²) in [4.78, 5) is 17.1. The topological polar surface area (TPSA) is 41.4 Å². The largest absolute Gasteiger partial charge is 0.343 e. The summed E-state index contributed by atoms with van der Waals surface area (Å²) >= 11 is 0. The van der Waals surface area contributed by atoms with Crippen LogP contribution in [0, 0.1) is 12.8 Å². The summed E-state index contributed by atoms with van der Waals surface area (Å²) in [6.07, 6.45) is 9.43. The van der Waals surface area contributed by atoms with Crippen molar-refractivity contribution in [3.8, 4) is 0 Å². The Morgan fingerprint density at radius 3 is 2.57 bits per heavy atom. The van der Waals surface area contributed by atoms with E-state index in [0.717, 1.165) is 37.4 Å². The van der Waals surface area contributed by atoms with E-state index in [4.69, 9.17) is 0 Å². The van der Waals surface area contributed by atoms with Crippen LogP contribution in [-0.4, -0.2) is 57.7 Å². The van der Waals surface area contributed by atoms with E-state index < -0.39 is 0 Å². The van der Waals surface area contributed by atoms with E-state index in [1.54, 1.807) is 0 Å². The number of aromatic nitrogens is 2. The van der Waals surface area contributed by atoms with Crippen LogP contribution in [-0.2, 0) is 11.3 Å². The Morgan fingerprint density at radius 1 is 1.26 bits per heavy atom. The average Bonchev–Trinajstić information content (AvgIpc) is 3.24. The minimum atomic E-state index is 0.283. The number of carbonyl (C=O) groups is 1. The van der Waals surface area contributed by atoms with E-state index in [9.17, 15) is 4.79 Å². The number of piperidine rings is 1. The first-order valence-electron chi connectivity index (χ1n) is 9.14. The van der Waals surface area contributed by atoms with E-state index in [1.165, 1.54) is 25.9 Å². The molecule has 0 N–H and O–H groups in total. The van der Waals surface area contributed by atoms with Gasteiger partial charge >= 0.3 is 0 Å². The van der Waals surface area contributed by atoms with Gasteiger partial charge in [-0.05, 0) is 64.1 Å². The first-order valence-corrected chi connectivity index (χ1v) is 9.14. The summed E-state index contributed by atoms with van der Waals surface area (Å²) in [5.41, 5.74) is 1.15. The van der Waals surface area contributed by atoms with E-state index in [-0.39, 0.29) is 5.91 Å². The van der Waals surface area contributed by atoms with Gasteiger partial charge in [-0.2, -0.15) is 5.10 Å². The van der Waals surface area contributed by atoms with Gasteiger partial charge in [0.15, 0.2) is 0 Å². The van der Waals surface area contributed by atoms with Crippen LogP contribution in [0.2, 0.25) is 0 Å². The van der Waals surface area contributed by atoms with Gasteiger partial charge in [0.05, 0.1) is 6.20 Å². The number of carbonyl (C=O) groups excluding carboxylic acids is 1. The van der Waals surface area contributed by atoms with Gasteiger partial charge in [0.2, 0.25) is 5.91 Å². The lowest BCUT2D eigenvalue weighted by molar-refractivity contribution is -0.133. The highest BCUT2D eigenvalue weighted by Crippen LogP contribution is 2.26. The van der Waals surface area contributed by atoms with Crippen molar-refractivity contribution in [1.29, 1.82) is 0 Å². The molecular formula is C18H30N4O. The van der Waals surface area contributed by atoms with Crippen LogP contribution in [0.25, 0.3) is 0 Å². The highest BCUT2D eigenvalue weighted by atomic mass is 16.2. The second-order valence-electron chi connectivity index (χ2n) is 7.23. The predicted octanol–water partition coefficient (Wildman–Crippen LogP) is 2.30. The predicted molar refractivity (Wildman–Crippen MR) is 91.2 cm³/mol. The summed E-state index contributed by atoms with van der Waals surface area (Å²) in [7, 11) is 0. The van der Waals surface area contributed by atoms with E-state index in [1.807, 2.05) is 24.0 Å². The van der Waals surface area contributed by atoms with Crippen LogP contribution in [0.1, 0.15) is 44.6 Å². The van der Waals surface area contributed by atoms with Gasteiger partial charge in [0.25, 0.3) is 0 Å². The Morgan fingerprint density at radius 2 is 1.96 bits per heavy atom. The molecule has 0 radical (unpaired) electrons. The minimum absolute atomic E-state index is 0.283. The van der Waals surface area contributed by atoms with Gasteiger partial charge < -0.3 is 9.80 Å². The molecule has 0 saturated carbocycles. The van der Waals surface area contributed by atoms with Gasteiger partial charge in [-0.3, -0.25) is 9.48 Å². The van der Waals surface area contributed by atoms with E-state index >= 15 is 0 Å². The third kappa shape index (κ3) is 4.14. The molecule has 1 aromatic rings. The molecule has 3 rings (SSSR count). The first-order chi connectivity index (χ1) is 11.1. The number of aryl methyl sites for hydroxylation is 2. The maximum Gasteiger partial charge on any atom is 0.224 e. The standard InChI is InChI=1S/C18H30N4O/c1-15-13-19-22(14-15)12-7-18(23)21-10-5-17(6-11-21)16(2)20-8-3-4-9-20/h13-14,16-17H,3-12H2,1-2H3/t16-/m1/s1. The zero-order valence-corrected chi connectivity index (χ0v) is 14.6. The summed E-state index contributed by atoms with van der Waals surface area (Å²) in [5, 5.41) is 4.25. The number of hydrogen-bond acceptors (Lipinski definition) is 3. The highest BCUT2D eigenvalue weighted by Gasteiger charge is 2.30. The minimum Gasteiger partial charge on any atom is -0.343 e. The van der Waals surface area contributed by atoms with Gasteiger partial charge in [-0.1, -0.05) is 0 Å². The molecule has 2 fully saturated rings. The molecule has 0 aromatic carbocycles. The van der Waals surface area contributed by atoms with E-state index in [0.29, 0.717) is 19.0 Å². The first kappa shape index (κ1) is 16.5. The zero-order valence-electron chi connectivity index (χ0n) is 14.6. The van der Waals surface area contributed by atoms with Crippen LogP contribution in [0.5, 0.6) is 0 Å². The molecule has 2 aliphatic heterocycles. The lowest BCUT2D eigenvalue weighted by Gasteiger charge is -2.38. The molecule has 23 heavy (non-hydrogen) atoms. The molecule has 2 saturated heterocycles. The molecule has 1 aromatic heterocycles. The maximum atomic E-state index is 12.4. The van der Waals surface area contributed by atoms with Crippen molar-refractivity contribution in [2.24, 2.45) is 5.92 Å². The SMILES string of the molecule is Cc1cnn(CCC(=O)N2CCC([C@@H](C)N3CCCC3)CC2)c1. The van der Waals surface area contributed by atoms with Crippen molar-refractivity contribution >= 4 is 5.91 Å². The molecule has 3 heterocycles. The van der Waals surface area contributed by atoms with Gasteiger partial charge in [0, 0.05) is 38.3 Å². The van der Waals surface area contributed by atoms with Crippen LogP contribution in [0.15, 0.2) is 12.4 Å². The molecule has 5 nitrogen and oxygen atoms in total. The summed E-state index contributed by atoms with van der Waals surface area (Å²) < 4.78 is 1.87. The Bertz CT molecular complexity index is 513. The zero-order chi connectivity index (χ0) is 16.2. The lowest BCUT2D eigenvalue weighted by atomic mass is 9.89. The molecule has 2 aliphatic rings. The summed E-state index contributed by atoms with van der Waals surface area (Å²) in [5.74, 6) is 1.04. The average molecular weight is 318 g/mol. The monoisotopic (exact) mass is 318 g/mol. The molecule has 5 heteroatoms. The number of hydrogen-bond donors (Lipinski definition) is 0. The lowest BCUT2D eigenvalue weighted by Crippen LogP contribution is -2.45. The fraction of sp³-hybridized carbons (Fsp3) is 0.778. The van der Waals surface area contributed by atoms with Crippen LogP contribution < -0.4 is 0 Å². The summed E-state index contributed by atoms with van der Waals surface area (Å²) in [6.45, 7) is 9.49. The third-order valence-corrected chi connectivity index (χ3v) is 5.61. The van der Waals surface area contributed by atoms with Gasteiger partial charge in [0.1, 0.15) is 0 Å². The smallest absolute Gasteiger partial charge is 0.224 e. The van der Waals surface area contributed by atoms with Crippen molar-refractivity contribution in [2.75, 3.05) is 26.2 Å².